The van der Waals surface area contributed by atoms with Crippen LogP contribution in [0.3, 0.4) is 0 Å². The van der Waals surface area contributed by atoms with Crippen molar-refractivity contribution in [3.05, 3.63) is 0 Å². The average molecular weight is 267 g/mol. The van der Waals surface area contributed by atoms with Crippen molar-refractivity contribution in [1.82, 2.24) is 4.90 Å². The van der Waals surface area contributed by atoms with Gasteiger partial charge in [0.15, 0.2) is 0 Å². The number of nitrogens with two attached hydrogens (primary N) is 2. The van der Waals surface area contributed by atoms with Crippen molar-refractivity contribution in [3.63, 3.8) is 0 Å². The highest BCUT2D eigenvalue weighted by atomic mass is 16.2. The van der Waals surface area contributed by atoms with E-state index in [0.717, 1.165) is 51.6 Å². The van der Waals surface area contributed by atoms with Crippen LogP contribution in [-0.4, -0.2) is 35.8 Å². The molecule has 5 heteroatoms. The van der Waals surface area contributed by atoms with Crippen molar-refractivity contribution in [2.45, 2.75) is 51.0 Å². The van der Waals surface area contributed by atoms with Crippen molar-refractivity contribution < 1.29 is 9.59 Å². The summed E-state index contributed by atoms with van der Waals surface area (Å²) in [5, 5.41) is 0. The molecule has 19 heavy (non-hydrogen) atoms. The normalized spacial score (nSPS) is 29.2. The Bertz CT molecular complexity index is 330. The quantitative estimate of drug-likeness (QED) is 0.785. The van der Waals surface area contributed by atoms with E-state index in [0.29, 0.717) is 18.2 Å². The Labute approximate surface area is 114 Å². The summed E-state index contributed by atoms with van der Waals surface area (Å²) in [6.45, 7) is 1.55. The maximum atomic E-state index is 12.4. The zero-order valence-corrected chi connectivity index (χ0v) is 11.5. The fourth-order valence-corrected chi connectivity index (χ4v) is 3.27. The van der Waals surface area contributed by atoms with E-state index in [2.05, 4.69) is 0 Å². The van der Waals surface area contributed by atoms with Gasteiger partial charge in [-0.15, -0.1) is 0 Å². The van der Waals surface area contributed by atoms with E-state index in [4.69, 9.17) is 11.5 Å². The summed E-state index contributed by atoms with van der Waals surface area (Å²) in [6.07, 6.45) is 6.06. The van der Waals surface area contributed by atoms with Crippen molar-refractivity contribution in [2.75, 3.05) is 13.1 Å². The number of carbonyl (C=O) groups excluding carboxylic acids is 2. The molecule has 5 nitrogen and oxygen atoms in total. The number of likely N-dealkylation sites (tertiary alicyclic amines) is 1. The minimum absolute atomic E-state index is 0.174. The SMILES string of the molecule is NC(=O)CC1CCN(C(=O)C2CCC(N)CC2)CC1. The lowest BCUT2D eigenvalue weighted by Gasteiger charge is -2.35. The second-order valence-corrected chi connectivity index (χ2v) is 6.05. The Balaban J connectivity index is 1.77. The fourth-order valence-electron chi connectivity index (χ4n) is 3.27. The van der Waals surface area contributed by atoms with Gasteiger partial charge >= 0.3 is 0 Å². The van der Waals surface area contributed by atoms with E-state index in [1.807, 2.05) is 4.90 Å². The minimum Gasteiger partial charge on any atom is -0.370 e. The molecule has 1 heterocycles. The predicted octanol–water partition coefficient (Wildman–Crippen LogP) is 0.618. The molecule has 0 unspecified atom stereocenters. The molecule has 0 aromatic rings. The van der Waals surface area contributed by atoms with Crippen LogP contribution in [0, 0.1) is 11.8 Å². The Morgan fingerprint density at radius 3 is 2.11 bits per heavy atom. The Morgan fingerprint density at radius 1 is 1.00 bits per heavy atom. The van der Waals surface area contributed by atoms with Gasteiger partial charge in [-0.2, -0.15) is 0 Å². The third-order valence-corrected chi connectivity index (χ3v) is 4.54. The van der Waals surface area contributed by atoms with E-state index >= 15 is 0 Å². The second-order valence-electron chi connectivity index (χ2n) is 6.05. The Hall–Kier alpha value is -1.10. The van der Waals surface area contributed by atoms with Crippen molar-refractivity contribution in [3.8, 4) is 0 Å². The Kier molecular flexibility index (Phi) is 4.80. The molecule has 0 spiro atoms. The lowest BCUT2D eigenvalue weighted by Crippen LogP contribution is -2.44. The number of primary amides is 1. The molecule has 2 fully saturated rings. The molecule has 108 valence electrons. The van der Waals surface area contributed by atoms with Crippen molar-refractivity contribution in [2.24, 2.45) is 23.3 Å². The first-order chi connectivity index (χ1) is 9.06. The zero-order valence-electron chi connectivity index (χ0n) is 11.5. The zero-order chi connectivity index (χ0) is 13.8. The molecule has 0 bridgehead atoms. The van der Waals surface area contributed by atoms with Gasteiger partial charge < -0.3 is 16.4 Å². The van der Waals surface area contributed by atoms with Gasteiger partial charge in [-0.1, -0.05) is 0 Å². The number of rotatable bonds is 3. The first-order valence-corrected chi connectivity index (χ1v) is 7.39. The standard InChI is InChI=1S/C14H25N3O2/c15-12-3-1-11(2-4-12)14(19)17-7-5-10(6-8-17)9-13(16)18/h10-12H,1-9,15H2,(H2,16,18). The Morgan fingerprint density at radius 2 is 1.58 bits per heavy atom. The van der Waals surface area contributed by atoms with E-state index in [-0.39, 0.29) is 17.9 Å². The number of carbonyl (C=O) groups is 2. The summed E-state index contributed by atoms with van der Waals surface area (Å²) in [5.41, 5.74) is 11.1. The maximum absolute atomic E-state index is 12.4. The highest BCUT2D eigenvalue weighted by Gasteiger charge is 2.30. The number of hydrogen-bond acceptors (Lipinski definition) is 3. The molecule has 4 N–H and O–H groups in total. The first-order valence-electron chi connectivity index (χ1n) is 7.39. The van der Waals surface area contributed by atoms with Gasteiger partial charge in [0, 0.05) is 31.5 Å². The van der Waals surface area contributed by atoms with Gasteiger partial charge in [0.25, 0.3) is 0 Å². The molecule has 1 saturated carbocycles. The second kappa shape index (κ2) is 6.37. The van der Waals surface area contributed by atoms with Crippen LogP contribution in [0.5, 0.6) is 0 Å². The molecule has 1 aliphatic carbocycles. The smallest absolute Gasteiger partial charge is 0.225 e. The average Bonchev–Trinajstić information content (AvgIpc) is 2.39. The van der Waals surface area contributed by atoms with Crippen LogP contribution in [0.1, 0.15) is 44.9 Å². The van der Waals surface area contributed by atoms with Crippen LogP contribution in [0.4, 0.5) is 0 Å². The molecule has 0 radical (unpaired) electrons. The lowest BCUT2D eigenvalue weighted by atomic mass is 9.84. The van der Waals surface area contributed by atoms with Gasteiger partial charge in [-0.3, -0.25) is 9.59 Å². The molecule has 1 saturated heterocycles. The number of nitrogens with zero attached hydrogens (tertiary/aromatic N) is 1. The van der Waals surface area contributed by atoms with E-state index in [1.54, 1.807) is 0 Å². The molecule has 1 aliphatic heterocycles. The van der Waals surface area contributed by atoms with Crippen LogP contribution in [-0.2, 0) is 9.59 Å². The topological polar surface area (TPSA) is 89.4 Å². The van der Waals surface area contributed by atoms with Crippen LogP contribution >= 0.6 is 0 Å². The third kappa shape index (κ3) is 3.93. The van der Waals surface area contributed by atoms with Crippen molar-refractivity contribution in [1.29, 1.82) is 0 Å². The summed E-state index contributed by atoms with van der Waals surface area (Å²) in [6, 6.07) is 0.283. The van der Waals surface area contributed by atoms with Gasteiger partial charge in [0.05, 0.1) is 0 Å². The van der Waals surface area contributed by atoms with Crippen LogP contribution in [0.2, 0.25) is 0 Å². The van der Waals surface area contributed by atoms with E-state index < -0.39 is 0 Å². The largest absolute Gasteiger partial charge is 0.370 e. The summed E-state index contributed by atoms with van der Waals surface area (Å²) >= 11 is 0. The van der Waals surface area contributed by atoms with Gasteiger partial charge in [0.2, 0.25) is 11.8 Å². The lowest BCUT2D eigenvalue weighted by molar-refractivity contribution is -0.138. The fraction of sp³-hybridized carbons (Fsp3) is 0.857. The molecular weight excluding hydrogens is 242 g/mol. The van der Waals surface area contributed by atoms with Crippen LogP contribution in [0.15, 0.2) is 0 Å². The molecular formula is C14H25N3O2. The predicted molar refractivity (Wildman–Crippen MR) is 73.0 cm³/mol. The monoisotopic (exact) mass is 267 g/mol. The van der Waals surface area contributed by atoms with Gasteiger partial charge in [-0.05, 0) is 44.4 Å². The summed E-state index contributed by atoms with van der Waals surface area (Å²) in [7, 11) is 0. The summed E-state index contributed by atoms with van der Waals surface area (Å²) in [5.74, 6) is 0.601. The molecule has 2 amide bonds. The molecule has 2 aliphatic rings. The minimum atomic E-state index is -0.231. The van der Waals surface area contributed by atoms with Gasteiger partial charge in [0.1, 0.15) is 0 Å². The molecule has 0 aromatic carbocycles. The molecule has 2 rings (SSSR count). The first kappa shape index (κ1) is 14.3. The molecule has 0 aromatic heterocycles. The molecule has 0 atom stereocenters. The van der Waals surface area contributed by atoms with Crippen molar-refractivity contribution >= 4 is 11.8 Å². The highest BCUT2D eigenvalue weighted by molar-refractivity contribution is 5.79. The van der Waals surface area contributed by atoms with Crippen LogP contribution in [0.25, 0.3) is 0 Å². The number of hydrogen-bond donors (Lipinski definition) is 2. The van der Waals surface area contributed by atoms with E-state index in [9.17, 15) is 9.59 Å². The number of amides is 2. The third-order valence-electron chi connectivity index (χ3n) is 4.54. The summed E-state index contributed by atoms with van der Waals surface area (Å²) < 4.78 is 0. The van der Waals surface area contributed by atoms with Gasteiger partial charge in [-0.25, -0.2) is 0 Å². The summed E-state index contributed by atoms with van der Waals surface area (Å²) in [4.78, 5) is 25.2. The maximum Gasteiger partial charge on any atom is 0.225 e. The van der Waals surface area contributed by atoms with E-state index in [1.165, 1.54) is 0 Å². The van der Waals surface area contributed by atoms with Crippen LogP contribution < -0.4 is 11.5 Å². The highest BCUT2D eigenvalue weighted by Crippen LogP contribution is 2.27. The number of piperidine rings is 1.